The van der Waals surface area contributed by atoms with Crippen LogP contribution in [0.5, 0.6) is 0 Å². The Bertz CT molecular complexity index is 496. The highest BCUT2D eigenvalue weighted by atomic mass is 19.4. The lowest BCUT2D eigenvalue weighted by molar-refractivity contribution is -0.135. The Morgan fingerprint density at radius 3 is 2.45 bits per heavy atom. The van der Waals surface area contributed by atoms with E-state index in [0.29, 0.717) is 0 Å². The van der Waals surface area contributed by atoms with E-state index in [0.717, 1.165) is 0 Å². The minimum absolute atomic E-state index is 1.02. The predicted molar refractivity (Wildman–Crippen MR) is 60.1 cm³/mol. The summed E-state index contributed by atoms with van der Waals surface area (Å²) < 4.78 is 65.0. The second-order valence-corrected chi connectivity index (χ2v) is 3.99. The number of carbonyl (C=O) groups is 1. The van der Waals surface area contributed by atoms with Crippen molar-refractivity contribution in [3.05, 3.63) is 11.3 Å². The van der Waals surface area contributed by atoms with Crippen LogP contribution in [0.4, 0.5) is 22.0 Å². The first-order chi connectivity index (χ1) is 9.00. The molecule has 3 N–H and O–H groups in total. The summed E-state index contributed by atoms with van der Waals surface area (Å²) in [5.41, 5.74) is 0.764. The number of allylic oxidation sites excluding steroid dienone is 1. The van der Waals surface area contributed by atoms with Crippen molar-refractivity contribution in [3.63, 3.8) is 0 Å². The molecule has 0 unspecified atom stereocenters. The minimum Gasteiger partial charge on any atom is -0.480 e. The predicted octanol–water partition coefficient (Wildman–Crippen LogP) is 1.40. The molecule has 1 aliphatic carbocycles. The first kappa shape index (κ1) is 16.1. The van der Waals surface area contributed by atoms with Gasteiger partial charge >= 0.3 is 12.1 Å². The third kappa shape index (κ3) is 3.11. The van der Waals surface area contributed by atoms with Crippen LogP contribution in [0.3, 0.4) is 0 Å². The molecule has 112 valence electrons. The Morgan fingerprint density at radius 1 is 1.50 bits per heavy atom. The van der Waals surface area contributed by atoms with E-state index in [9.17, 15) is 26.7 Å². The Morgan fingerprint density at radius 2 is 2.05 bits per heavy atom. The van der Waals surface area contributed by atoms with Crippen LogP contribution in [0.2, 0.25) is 0 Å². The van der Waals surface area contributed by atoms with Crippen molar-refractivity contribution in [2.24, 2.45) is 15.7 Å². The molecule has 0 aliphatic heterocycles. The van der Waals surface area contributed by atoms with Gasteiger partial charge in [-0.05, 0) is 6.72 Å². The van der Waals surface area contributed by atoms with E-state index in [2.05, 4.69) is 16.7 Å². The monoisotopic (exact) mass is 299 g/mol. The number of rotatable bonds is 3. The number of nitrogens with zero attached hydrogens (tertiary/aromatic N) is 2. The number of carboxylic acids is 1. The summed E-state index contributed by atoms with van der Waals surface area (Å²) in [7, 11) is 0. The van der Waals surface area contributed by atoms with Gasteiger partial charge < -0.3 is 10.8 Å². The molecule has 1 rings (SSSR count). The van der Waals surface area contributed by atoms with E-state index in [4.69, 9.17) is 10.8 Å². The van der Waals surface area contributed by atoms with Crippen molar-refractivity contribution in [2.45, 2.75) is 24.6 Å². The fourth-order valence-electron chi connectivity index (χ4n) is 1.76. The molecule has 0 aromatic rings. The molecule has 1 aliphatic rings. The SMILES string of the molecule is C=N[C@@H]1CC(F)(F)C(=NCC(=O)O)C1=C(N)C(F)(F)F. The fourth-order valence-corrected chi connectivity index (χ4v) is 1.76. The van der Waals surface area contributed by atoms with Gasteiger partial charge in [-0.15, -0.1) is 0 Å². The van der Waals surface area contributed by atoms with Gasteiger partial charge in [0.2, 0.25) is 0 Å². The summed E-state index contributed by atoms with van der Waals surface area (Å²) >= 11 is 0. The zero-order valence-electron chi connectivity index (χ0n) is 9.92. The van der Waals surface area contributed by atoms with Gasteiger partial charge in [0.25, 0.3) is 5.92 Å². The van der Waals surface area contributed by atoms with Gasteiger partial charge in [0.05, 0.1) is 6.04 Å². The highest BCUT2D eigenvalue weighted by Gasteiger charge is 2.53. The first-order valence-corrected chi connectivity index (χ1v) is 5.18. The molecular formula is C10H10F5N3O2. The van der Waals surface area contributed by atoms with Crippen LogP contribution in [-0.2, 0) is 4.79 Å². The van der Waals surface area contributed by atoms with Gasteiger partial charge in [-0.25, -0.2) is 0 Å². The van der Waals surface area contributed by atoms with Gasteiger partial charge in [-0.1, -0.05) is 0 Å². The number of nitrogens with two attached hydrogens (primary N) is 1. The first-order valence-electron chi connectivity index (χ1n) is 5.18. The second-order valence-electron chi connectivity index (χ2n) is 3.99. The van der Waals surface area contributed by atoms with E-state index in [-0.39, 0.29) is 0 Å². The van der Waals surface area contributed by atoms with Crippen molar-refractivity contribution in [1.82, 2.24) is 0 Å². The third-order valence-electron chi connectivity index (χ3n) is 2.57. The van der Waals surface area contributed by atoms with Crippen molar-refractivity contribution in [3.8, 4) is 0 Å². The average Bonchev–Trinajstić information content (AvgIpc) is 2.54. The molecule has 5 nitrogen and oxygen atoms in total. The average molecular weight is 299 g/mol. The number of aliphatic imine (C=N–C) groups is 2. The molecule has 0 saturated heterocycles. The number of alkyl halides is 5. The largest absolute Gasteiger partial charge is 0.480 e. The third-order valence-corrected chi connectivity index (χ3v) is 2.57. The van der Waals surface area contributed by atoms with Crippen LogP contribution < -0.4 is 5.73 Å². The highest BCUT2D eigenvalue weighted by molar-refractivity contribution is 6.10. The van der Waals surface area contributed by atoms with E-state index in [1.807, 2.05) is 0 Å². The Labute approximate surface area is 109 Å². The summed E-state index contributed by atoms with van der Waals surface area (Å²) in [5.74, 6) is -5.31. The lowest BCUT2D eigenvalue weighted by Crippen LogP contribution is -2.29. The van der Waals surface area contributed by atoms with Crippen molar-refractivity contribution < 1.29 is 31.9 Å². The maximum atomic E-state index is 13.6. The van der Waals surface area contributed by atoms with Crippen LogP contribution in [-0.4, -0.2) is 48.2 Å². The molecule has 1 saturated carbocycles. The van der Waals surface area contributed by atoms with Gasteiger partial charge in [0, 0.05) is 12.0 Å². The molecule has 0 radical (unpaired) electrons. The molecule has 1 atom stereocenters. The molecule has 0 aromatic carbocycles. The summed E-state index contributed by atoms with van der Waals surface area (Å²) in [6.07, 6.45) is -6.14. The van der Waals surface area contributed by atoms with E-state index >= 15 is 0 Å². The molecule has 10 heteroatoms. The van der Waals surface area contributed by atoms with Crippen molar-refractivity contribution in [1.29, 1.82) is 0 Å². The Kier molecular flexibility index (Phi) is 4.15. The van der Waals surface area contributed by atoms with E-state index < -0.39 is 54.1 Å². The van der Waals surface area contributed by atoms with Gasteiger partial charge in [-0.2, -0.15) is 22.0 Å². The number of carboxylic acid groups (broad SMARTS) is 1. The number of hydrogen-bond acceptors (Lipinski definition) is 4. The molecular weight excluding hydrogens is 289 g/mol. The smallest absolute Gasteiger partial charge is 0.431 e. The highest BCUT2D eigenvalue weighted by Crippen LogP contribution is 2.41. The molecule has 0 aromatic heterocycles. The molecule has 0 heterocycles. The van der Waals surface area contributed by atoms with Gasteiger partial charge in [0.1, 0.15) is 18.0 Å². The van der Waals surface area contributed by atoms with E-state index in [1.54, 1.807) is 0 Å². The summed E-state index contributed by atoms with van der Waals surface area (Å²) in [5, 5.41) is 8.39. The number of halogens is 5. The van der Waals surface area contributed by atoms with Crippen LogP contribution in [0.25, 0.3) is 0 Å². The topological polar surface area (TPSA) is 88.0 Å². The summed E-state index contributed by atoms with van der Waals surface area (Å²) in [6, 6.07) is -1.58. The van der Waals surface area contributed by atoms with Crippen LogP contribution in [0.15, 0.2) is 21.3 Å². The van der Waals surface area contributed by atoms with Crippen molar-refractivity contribution in [2.75, 3.05) is 6.54 Å². The number of hydrogen-bond donors (Lipinski definition) is 2. The van der Waals surface area contributed by atoms with Gasteiger partial charge in [0.15, 0.2) is 0 Å². The fraction of sp³-hybridized carbons (Fsp3) is 0.500. The van der Waals surface area contributed by atoms with E-state index in [1.165, 1.54) is 0 Å². The summed E-state index contributed by atoms with van der Waals surface area (Å²) in [6.45, 7) is 1.85. The van der Waals surface area contributed by atoms with Crippen LogP contribution in [0.1, 0.15) is 6.42 Å². The zero-order chi connectivity index (χ0) is 15.7. The minimum atomic E-state index is -5.05. The standard InChI is InChI=1S/C10H10F5N3O2/c1-17-4-2-9(11,12)8(18-3-5(19)20)6(4)7(16)10(13,14)15/h4H,1-3,16H2,(H,19,20)/t4-/m1/s1. The normalized spacial score (nSPS) is 26.6. The second kappa shape index (κ2) is 5.17. The Balaban J connectivity index is 3.44. The van der Waals surface area contributed by atoms with Gasteiger partial charge in [-0.3, -0.25) is 14.8 Å². The lowest BCUT2D eigenvalue weighted by atomic mass is 10.1. The maximum absolute atomic E-state index is 13.6. The lowest BCUT2D eigenvalue weighted by Gasteiger charge is -2.14. The molecule has 0 amide bonds. The quantitative estimate of drug-likeness (QED) is 0.610. The number of aliphatic carboxylic acids is 1. The molecule has 20 heavy (non-hydrogen) atoms. The zero-order valence-corrected chi connectivity index (χ0v) is 9.92. The molecule has 0 spiro atoms. The van der Waals surface area contributed by atoms with Crippen LogP contribution in [0, 0.1) is 0 Å². The van der Waals surface area contributed by atoms with Crippen LogP contribution >= 0.6 is 0 Å². The summed E-state index contributed by atoms with van der Waals surface area (Å²) in [4.78, 5) is 16.5. The van der Waals surface area contributed by atoms with Crippen molar-refractivity contribution >= 4 is 18.4 Å². The molecule has 0 bridgehead atoms. The molecule has 1 fully saturated rings. The maximum Gasteiger partial charge on any atom is 0.431 e. The Hall–Kier alpha value is -2.00.